The second-order valence-corrected chi connectivity index (χ2v) is 17.2. The Labute approximate surface area is 254 Å². The highest BCUT2D eigenvalue weighted by atomic mass is 35.5. The molecule has 0 radical (unpaired) electrons. The van der Waals surface area contributed by atoms with E-state index in [1.165, 1.54) is 0 Å². The summed E-state index contributed by atoms with van der Waals surface area (Å²) in [4.78, 5) is -5.68. The molecule has 0 aromatic carbocycles. The lowest BCUT2D eigenvalue weighted by Gasteiger charge is -2.48. The first-order valence-corrected chi connectivity index (χ1v) is 15.1. The zero-order valence-electron chi connectivity index (χ0n) is 16.1. The van der Waals surface area contributed by atoms with Gasteiger partial charge in [0.1, 0.15) is 19.5 Å². The summed E-state index contributed by atoms with van der Waals surface area (Å²) < 4.78 is 9.87. The first-order chi connectivity index (χ1) is 15.6. The molecule has 0 N–H and O–H groups in total. The largest absolute Gasteiger partial charge is 0.373 e. The summed E-state index contributed by atoms with van der Waals surface area (Å²) in [6.07, 6.45) is -1.64. The molecule has 0 spiro atoms. The van der Waals surface area contributed by atoms with Crippen molar-refractivity contribution < 1.29 is 9.47 Å². The van der Waals surface area contributed by atoms with E-state index in [2.05, 4.69) is 0 Å². The van der Waals surface area contributed by atoms with Gasteiger partial charge in [-0.15, -0.1) is 46.4 Å². The van der Waals surface area contributed by atoms with Crippen molar-refractivity contribution in [3.05, 3.63) is 20.1 Å². The number of fused-ring (bicyclic) bond motifs is 23. The van der Waals surface area contributed by atoms with E-state index in [0.29, 0.717) is 0 Å². The lowest BCUT2D eigenvalue weighted by molar-refractivity contribution is -0.0178. The van der Waals surface area contributed by atoms with Crippen molar-refractivity contribution >= 4 is 139 Å². The molecule has 34 heavy (non-hydrogen) atoms. The van der Waals surface area contributed by atoms with Gasteiger partial charge in [-0.2, -0.15) is 0 Å². The highest BCUT2D eigenvalue weighted by Gasteiger charge is 2.94. The quantitative estimate of drug-likeness (QED) is 0.238. The zero-order chi connectivity index (χ0) is 24.5. The number of hydrogen-bond acceptors (Lipinski definition) is 2. The van der Waals surface area contributed by atoms with Crippen molar-refractivity contribution in [2.45, 2.75) is 52.6 Å². The number of rotatable bonds is 0. The van der Waals surface area contributed by atoms with Gasteiger partial charge in [0, 0.05) is 35.5 Å². The number of alkyl halides is 8. The highest BCUT2D eigenvalue weighted by Crippen LogP contribution is 2.86. The fourth-order valence-electron chi connectivity index (χ4n) is 9.13. The van der Waals surface area contributed by atoms with Crippen LogP contribution in [0.5, 0.6) is 0 Å². The summed E-state index contributed by atoms with van der Waals surface area (Å²) in [5.74, 6) is -1.84. The van der Waals surface area contributed by atoms with E-state index in [-0.39, 0.29) is 32.0 Å². The number of ether oxygens (including phenoxy) is 2. The normalized spacial score (nSPS) is 66.7. The van der Waals surface area contributed by atoms with Gasteiger partial charge < -0.3 is 9.47 Å². The molecule has 186 valence electrons. The molecule has 0 aromatic rings. The number of allylic oxidation sites excluding steroid dienone is 4. The molecule has 4 aliphatic carbocycles. The minimum absolute atomic E-state index is 0.122. The van der Waals surface area contributed by atoms with Crippen LogP contribution < -0.4 is 0 Å². The zero-order valence-corrected chi connectivity index (χ0v) is 25.2. The predicted octanol–water partition coefficient (Wildman–Crippen LogP) is 7.94. The molecule has 0 aromatic heterocycles. The molecule has 8 aliphatic rings. The standard InChI is InChI=1S/C20H10Cl12O2/c21-11-13(23)17(27)5-3(15(11,25)19(17,29)30)7-1-2(9(5)33-7)10-6-4(8(1)34-10)16(26)12(22)14(24)18(6,28)20(16,31)32/h1-10H/t1?,2?,3-,4+,5+,6-,7+,8-,9-,10+,15+,16-,17-,18+. The molecule has 2 saturated carbocycles. The molecule has 0 amide bonds. The monoisotopic (exact) mass is 702 g/mol. The minimum atomic E-state index is -1.64. The minimum Gasteiger partial charge on any atom is -0.373 e. The molecule has 8 rings (SSSR count). The average molecular weight is 708 g/mol. The Balaban J connectivity index is 1.30. The Morgan fingerprint density at radius 3 is 0.824 bits per heavy atom. The Hall–Kier alpha value is 2.88. The second-order valence-electron chi connectivity index (χ2n) is 10.6. The predicted molar refractivity (Wildman–Crippen MR) is 139 cm³/mol. The SMILES string of the molecule is ClC1=C(Cl)[C@]2(Cl)[C@H]3[C@H]([C@H]4O[C@@H]3C3C4[C@H]4O[C@@H]3[C@H]3[C@@H]4[C@@]4(Cl)C(Cl)=C(Cl)[C@]3(Cl)C4(Cl)Cl)[C@@]1(Cl)C2(Cl)Cl. The van der Waals surface area contributed by atoms with Gasteiger partial charge in [0.2, 0.25) is 0 Å². The van der Waals surface area contributed by atoms with Crippen LogP contribution in [-0.4, -0.2) is 52.6 Å². The van der Waals surface area contributed by atoms with Gasteiger partial charge in [0.25, 0.3) is 0 Å². The molecular formula is C20H10Cl12O2. The Bertz CT molecular complexity index is 1020. The van der Waals surface area contributed by atoms with Crippen molar-refractivity contribution in [1.29, 1.82) is 0 Å². The summed E-state index contributed by atoms with van der Waals surface area (Å²) in [5, 5.41) is 0.605. The third-order valence-corrected chi connectivity index (χ3v) is 18.7. The summed E-state index contributed by atoms with van der Waals surface area (Å²) in [6, 6.07) is 0. The lowest BCUT2D eigenvalue weighted by Crippen LogP contribution is -2.58. The molecule has 2 unspecified atom stereocenters. The topological polar surface area (TPSA) is 18.5 Å². The maximum atomic E-state index is 7.14. The van der Waals surface area contributed by atoms with E-state index >= 15 is 0 Å². The summed E-state index contributed by atoms with van der Waals surface area (Å²) >= 11 is 82.5. The van der Waals surface area contributed by atoms with E-state index in [9.17, 15) is 0 Å². The Morgan fingerprint density at radius 2 is 0.618 bits per heavy atom. The average Bonchev–Trinajstić information content (AvgIpc) is 3.58. The van der Waals surface area contributed by atoms with Crippen LogP contribution in [0, 0.1) is 35.5 Å². The lowest BCUT2D eigenvalue weighted by atomic mass is 9.55. The molecular weight excluding hydrogens is 698 g/mol. The Morgan fingerprint density at radius 1 is 0.412 bits per heavy atom. The fraction of sp³-hybridized carbons (Fsp3) is 0.800. The van der Waals surface area contributed by atoms with Crippen LogP contribution in [0.15, 0.2) is 20.1 Å². The molecule has 6 fully saturated rings. The summed E-state index contributed by atoms with van der Waals surface area (Å²) in [5.41, 5.74) is 0. The molecule has 2 nitrogen and oxygen atoms in total. The van der Waals surface area contributed by atoms with Crippen LogP contribution >= 0.6 is 139 Å². The molecule has 4 aliphatic heterocycles. The van der Waals surface area contributed by atoms with Crippen LogP contribution in [0.3, 0.4) is 0 Å². The van der Waals surface area contributed by atoms with Gasteiger partial charge in [0.15, 0.2) is 8.67 Å². The van der Waals surface area contributed by atoms with Gasteiger partial charge in [-0.05, 0) is 0 Å². The van der Waals surface area contributed by atoms with E-state index in [1.54, 1.807) is 0 Å². The molecule has 14 atom stereocenters. The summed E-state index contributed by atoms with van der Waals surface area (Å²) in [6.45, 7) is 0. The maximum absolute atomic E-state index is 7.14. The smallest absolute Gasteiger partial charge is 0.167 e. The molecule has 14 heteroatoms. The van der Waals surface area contributed by atoms with Crippen LogP contribution in [0.25, 0.3) is 0 Å². The van der Waals surface area contributed by atoms with Gasteiger partial charge in [-0.3, -0.25) is 0 Å². The van der Waals surface area contributed by atoms with E-state index in [0.717, 1.165) is 0 Å². The van der Waals surface area contributed by atoms with Crippen molar-refractivity contribution in [3.63, 3.8) is 0 Å². The van der Waals surface area contributed by atoms with Crippen molar-refractivity contribution in [3.8, 4) is 0 Å². The first-order valence-electron chi connectivity index (χ1n) is 10.5. The third-order valence-electron chi connectivity index (χ3n) is 10.1. The van der Waals surface area contributed by atoms with Crippen LogP contribution in [0.2, 0.25) is 0 Å². The molecule has 4 heterocycles. The van der Waals surface area contributed by atoms with Gasteiger partial charge in [-0.1, -0.05) is 92.8 Å². The molecule has 8 bridgehead atoms. The molecule has 4 saturated heterocycles. The van der Waals surface area contributed by atoms with E-state index in [1.807, 2.05) is 0 Å². The van der Waals surface area contributed by atoms with Crippen LogP contribution in [-0.2, 0) is 9.47 Å². The van der Waals surface area contributed by atoms with Crippen LogP contribution in [0.4, 0.5) is 0 Å². The number of hydrogen-bond donors (Lipinski definition) is 0. The van der Waals surface area contributed by atoms with Crippen LogP contribution in [0.1, 0.15) is 0 Å². The third kappa shape index (κ3) is 1.86. The van der Waals surface area contributed by atoms with Crippen molar-refractivity contribution in [1.82, 2.24) is 0 Å². The maximum Gasteiger partial charge on any atom is 0.167 e. The fourth-order valence-corrected chi connectivity index (χ4v) is 15.2. The van der Waals surface area contributed by atoms with Crippen molar-refractivity contribution in [2.24, 2.45) is 35.5 Å². The van der Waals surface area contributed by atoms with E-state index in [4.69, 9.17) is 149 Å². The first kappa shape index (κ1) is 24.7. The Kier molecular flexibility index (Phi) is 4.61. The van der Waals surface area contributed by atoms with Gasteiger partial charge >= 0.3 is 0 Å². The van der Waals surface area contributed by atoms with Gasteiger partial charge in [0.05, 0.1) is 44.5 Å². The highest BCUT2D eigenvalue weighted by molar-refractivity contribution is 6.67. The number of halogens is 12. The second kappa shape index (κ2) is 6.35. The summed E-state index contributed by atoms with van der Waals surface area (Å²) in [7, 11) is 0. The van der Waals surface area contributed by atoms with Crippen molar-refractivity contribution in [2.75, 3.05) is 0 Å². The van der Waals surface area contributed by atoms with Gasteiger partial charge in [-0.25, -0.2) is 0 Å². The van der Waals surface area contributed by atoms with E-state index < -0.39 is 76.3 Å².